The third-order valence-corrected chi connectivity index (χ3v) is 5.65. The van der Waals surface area contributed by atoms with Crippen molar-refractivity contribution in [1.29, 1.82) is 0 Å². The minimum absolute atomic E-state index is 0.234. The summed E-state index contributed by atoms with van der Waals surface area (Å²) in [6, 6.07) is 1.18. The number of nitrogens with one attached hydrogen (secondary N) is 2. The Morgan fingerprint density at radius 1 is 1.20 bits per heavy atom. The van der Waals surface area contributed by atoms with E-state index < -0.39 is 5.91 Å². The van der Waals surface area contributed by atoms with Gasteiger partial charge in [-0.25, -0.2) is 9.97 Å². The Morgan fingerprint density at radius 3 is 2.56 bits per heavy atom. The zero-order valence-corrected chi connectivity index (χ0v) is 15.3. The summed E-state index contributed by atoms with van der Waals surface area (Å²) in [7, 11) is 4.08. The number of nitrogens with two attached hydrogens (primary N) is 1. The van der Waals surface area contributed by atoms with E-state index in [-0.39, 0.29) is 5.69 Å². The van der Waals surface area contributed by atoms with Crippen LogP contribution < -0.4 is 21.3 Å². The van der Waals surface area contributed by atoms with Crippen LogP contribution in [-0.2, 0) is 0 Å². The van der Waals surface area contributed by atoms with Gasteiger partial charge in [-0.05, 0) is 32.7 Å². The largest absolute Gasteiger partial charge is 0.365 e. The van der Waals surface area contributed by atoms with Crippen molar-refractivity contribution in [1.82, 2.24) is 15.3 Å². The molecule has 4 N–H and O–H groups in total. The second-order valence-electron chi connectivity index (χ2n) is 7.27. The molecule has 2 aliphatic carbocycles. The number of anilines is 2. The van der Waals surface area contributed by atoms with Crippen molar-refractivity contribution >= 4 is 17.5 Å². The van der Waals surface area contributed by atoms with Gasteiger partial charge in [0.2, 0.25) is 0 Å². The first-order valence-corrected chi connectivity index (χ1v) is 9.43. The Kier molecular flexibility index (Phi) is 5.73. The van der Waals surface area contributed by atoms with Crippen LogP contribution in [0.15, 0.2) is 6.20 Å². The smallest absolute Gasteiger partial charge is 0.271 e. The first-order valence-electron chi connectivity index (χ1n) is 9.43. The van der Waals surface area contributed by atoms with Crippen LogP contribution in [0.1, 0.15) is 61.9 Å². The van der Waals surface area contributed by atoms with Gasteiger partial charge in [-0.15, -0.1) is 0 Å². The lowest BCUT2D eigenvalue weighted by molar-refractivity contribution is 0.0996. The Bertz CT molecular complexity index is 601. The number of aromatic nitrogens is 2. The van der Waals surface area contributed by atoms with Gasteiger partial charge in [-0.1, -0.05) is 25.7 Å². The monoisotopic (exact) mass is 346 g/mol. The molecule has 2 unspecified atom stereocenters. The molecule has 2 saturated carbocycles. The van der Waals surface area contributed by atoms with Crippen molar-refractivity contribution in [2.24, 2.45) is 5.73 Å². The molecule has 1 amide bonds. The quantitative estimate of drug-likeness (QED) is 0.728. The Morgan fingerprint density at radius 2 is 1.88 bits per heavy atom. The molecule has 0 aromatic carbocycles. The van der Waals surface area contributed by atoms with E-state index in [9.17, 15) is 4.79 Å². The predicted molar refractivity (Wildman–Crippen MR) is 99.9 cm³/mol. The number of amides is 1. The third kappa shape index (κ3) is 4.03. The van der Waals surface area contributed by atoms with Crippen molar-refractivity contribution < 1.29 is 4.79 Å². The Hall–Kier alpha value is -1.89. The number of likely N-dealkylation sites (N-methyl/N-ethyl adjacent to an activating group) is 2. The molecule has 3 rings (SSSR count). The first-order chi connectivity index (χ1) is 12.1. The van der Waals surface area contributed by atoms with E-state index in [2.05, 4.69) is 27.6 Å². The highest BCUT2D eigenvalue weighted by Gasteiger charge is 2.29. The molecule has 25 heavy (non-hydrogen) atoms. The van der Waals surface area contributed by atoms with Crippen molar-refractivity contribution in [2.75, 3.05) is 24.3 Å². The molecule has 1 aromatic rings. The zero-order valence-electron chi connectivity index (χ0n) is 15.3. The van der Waals surface area contributed by atoms with Crippen molar-refractivity contribution in [3.63, 3.8) is 0 Å². The van der Waals surface area contributed by atoms with Crippen LogP contribution in [0.5, 0.6) is 0 Å². The lowest BCUT2D eigenvalue weighted by Gasteiger charge is -2.38. The van der Waals surface area contributed by atoms with Crippen molar-refractivity contribution in [2.45, 2.75) is 69.5 Å². The van der Waals surface area contributed by atoms with Gasteiger partial charge in [-0.2, -0.15) is 0 Å². The van der Waals surface area contributed by atoms with Gasteiger partial charge in [0.15, 0.2) is 11.5 Å². The summed E-state index contributed by atoms with van der Waals surface area (Å²) >= 11 is 0. The molecule has 7 heteroatoms. The average molecular weight is 346 g/mol. The highest BCUT2D eigenvalue weighted by atomic mass is 16.1. The Labute approximate surface area is 149 Å². The maximum Gasteiger partial charge on any atom is 0.271 e. The van der Waals surface area contributed by atoms with Crippen molar-refractivity contribution in [3.05, 3.63) is 11.9 Å². The second-order valence-corrected chi connectivity index (χ2v) is 7.27. The molecule has 2 aliphatic rings. The minimum Gasteiger partial charge on any atom is -0.365 e. The zero-order chi connectivity index (χ0) is 17.8. The minimum atomic E-state index is -0.534. The maximum absolute atomic E-state index is 11.7. The van der Waals surface area contributed by atoms with E-state index in [1.54, 1.807) is 6.20 Å². The van der Waals surface area contributed by atoms with Gasteiger partial charge in [0.05, 0.1) is 6.20 Å². The van der Waals surface area contributed by atoms with Gasteiger partial charge >= 0.3 is 0 Å². The molecule has 138 valence electrons. The standard InChI is InChI=1S/C18H30N6O/c1-20-13-9-5-6-10-14(13)24(2)15-11-21-16(17(19)25)18(23-15)22-12-7-3-4-8-12/h11-14,20H,3-10H2,1-2H3,(H2,19,25)(H,22,23). The second kappa shape index (κ2) is 7.99. The molecular formula is C18H30N6O. The molecule has 0 saturated heterocycles. The van der Waals surface area contributed by atoms with E-state index in [0.717, 1.165) is 25.1 Å². The lowest BCUT2D eigenvalue weighted by Crippen LogP contribution is -2.49. The number of nitrogens with zero attached hydrogens (tertiary/aromatic N) is 3. The number of rotatable bonds is 6. The summed E-state index contributed by atoms with van der Waals surface area (Å²) in [5.41, 5.74) is 5.73. The summed E-state index contributed by atoms with van der Waals surface area (Å²) in [6.45, 7) is 0. The molecule has 0 aliphatic heterocycles. The van der Waals surface area contributed by atoms with Crippen LogP contribution in [0, 0.1) is 0 Å². The van der Waals surface area contributed by atoms with Crippen LogP contribution >= 0.6 is 0 Å². The highest BCUT2D eigenvalue weighted by molar-refractivity contribution is 5.95. The molecule has 0 bridgehead atoms. The van der Waals surface area contributed by atoms with Crippen LogP contribution in [0.3, 0.4) is 0 Å². The molecule has 1 heterocycles. The molecule has 2 fully saturated rings. The molecule has 2 atom stereocenters. The van der Waals surface area contributed by atoms with Gasteiger partial charge in [0.1, 0.15) is 5.82 Å². The third-order valence-electron chi connectivity index (χ3n) is 5.65. The summed E-state index contributed by atoms with van der Waals surface area (Å²) in [5, 5.41) is 6.83. The number of carbonyl (C=O) groups excluding carboxylic acids is 1. The van der Waals surface area contributed by atoms with Gasteiger partial charge in [-0.3, -0.25) is 4.79 Å². The summed E-state index contributed by atoms with van der Waals surface area (Å²) < 4.78 is 0. The van der Waals surface area contributed by atoms with E-state index in [1.807, 2.05) is 7.05 Å². The van der Waals surface area contributed by atoms with E-state index >= 15 is 0 Å². The number of hydrogen-bond acceptors (Lipinski definition) is 6. The fourth-order valence-corrected chi connectivity index (χ4v) is 4.18. The van der Waals surface area contributed by atoms with E-state index in [1.165, 1.54) is 32.1 Å². The average Bonchev–Trinajstić information content (AvgIpc) is 3.13. The van der Waals surface area contributed by atoms with E-state index in [4.69, 9.17) is 10.7 Å². The maximum atomic E-state index is 11.7. The Balaban J connectivity index is 1.83. The van der Waals surface area contributed by atoms with Gasteiger partial charge < -0.3 is 21.3 Å². The van der Waals surface area contributed by atoms with Crippen molar-refractivity contribution in [3.8, 4) is 0 Å². The lowest BCUT2D eigenvalue weighted by atomic mass is 9.89. The summed E-state index contributed by atoms with van der Waals surface area (Å²) in [6.07, 6.45) is 11.1. The van der Waals surface area contributed by atoms with Crippen LogP contribution in [0.2, 0.25) is 0 Å². The first kappa shape index (κ1) is 17.9. The molecule has 0 spiro atoms. The molecule has 7 nitrogen and oxygen atoms in total. The number of carbonyl (C=O) groups is 1. The fourth-order valence-electron chi connectivity index (χ4n) is 4.18. The normalized spacial score (nSPS) is 24.2. The van der Waals surface area contributed by atoms with Crippen LogP contribution in [-0.4, -0.2) is 48.1 Å². The molecular weight excluding hydrogens is 316 g/mol. The van der Waals surface area contributed by atoms with Gasteiger partial charge in [0.25, 0.3) is 5.91 Å². The number of primary amides is 1. The topological polar surface area (TPSA) is 96.2 Å². The molecule has 1 aromatic heterocycles. The number of hydrogen-bond donors (Lipinski definition) is 3. The van der Waals surface area contributed by atoms with Gasteiger partial charge in [0, 0.05) is 25.2 Å². The van der Waals surface area contributed by atoms with E-state index in [0.29, 0.717) is 23.9 Å². The SMILES string of the molecule is CNC1CCCCC1N(C)c1cnc(C(N)=O)c(NC2CCCC2)n1. The predicted octanol–water partition coefficient (Wildman–Crippen LogP) is 1.90. The summed E-state index contributed by atoms with van der Waals surface area (Å²) in [4.78, 5) is 23.0. The molecule has 0 radical (unpaired) electrons. The van der Waals surface area contributed by atoms with Crippen LogP contribution in [0.25, 0.3) is 0 Å². The highest BCUT2D eigenvalue weighted by Crippen LogP contribution is 2.28. The summed E-state index contributed by atoms with van der Waals surface area (Å²) in [5.74, 6) is 0.784. The van der Waals surface area contributed by atoms with Crippen LogP contribution in [0.4, 0.5) is 11.6 Å². The fraction of sp³-hybridized carbons (Fsp3) is 0.722.